The summed E-state index contributed by atoms with van der Waals surface area (Å²) in [5.74, 6) is 0.295. The van der Waals surface area contributed by atoms with E-state index in [1.165, 1.54) is 10.9 Å². The van der Waals surface area contributed by atoms with Crippen molar-refractivity contribution in [2.24, 2.45) is 0 Å². The molecule has 13 heteroatoms. The van der Waals surface area contributed by atoms with Crippen LogP contribution in [0.3, 0.4) is 0 Å². The Morgan fingerprint density at radius 3 is 1.47 bits per heavy atom. The third-order valence-electron chi connectivity index (χ3n) is 11.9. The molecule has 0 aliphatic heterocycles. The van der Waals surface area contributed by atoms with E-state index in [0.29, 0.717) is 5.56 Å². The van der Waals surface area contributed by atoms with E-state index in [0.717, 1.165) is 44.3 Å². The lowest BCUT2D eigenvalue weighted by molar-refractivity contribution is 0.767. The smallest absolute Gasteiger partial charge is 0.164 e. The number of fused-ring (bicyclic) bond motifs is 11. The van der Waals surface area contributed by atoms with Crippen molar-refractivity contribution in [3.8, 4) is 45.3 Å². The maximum Gasteiger partial charge on any atom is 0.164 e. The van der Waals surface area contributed by atoms with E-state index < -0.39 is 5.41 Å². The van der Waals surface area contributed by atoms with Crippen LogP contribution in [-0.2, 0) is 5.41 Å². The highest BCUT2D eigenvalue weighted by Crippen LogP contribution is 2.60. The fraction of sp³-hybridized carbons (Fsp3) is 0.0217. The van der Waals surface area contributed by atoms with Gasteiger partial charge < -0.3 is 0 Å². The summed E-state index contributed by atoms with van der Waals surface area (Å²) in [6.07, 6.45) is 4.33. The molecule has 7 aromatic carbocycles. The lowest BCUT2D eigenvalue weighted by atomic mass is 9.60. The molecule has 1 spiro atoms. The minimum absolute atomic E-state index is 0.0266. The van der Waals surface area contributed by atoms with Gasteiger partial charge in [-0.1, -0.05) is 131 Å². The van der Waals surface area contributed by atoms with E-state index >= 15 is 0 Å². The third-order valence-corrected chi connectivity index (χ3v) is 11.9. The predicted molar refractivity (Wildman–Crippen MR) is 254 cm³/mol. The highest BCUT2D eigenvalue weighted by atomic mass is 15.0. The second-order valence-electron chi connectivity index (χ2n) is 14.9. The molecule has 0 saturated carbocycles. The van der Waals surface area contributed by atoms with E-state index in [1.54, 1.807) is 0 Å². The molecule has 0 bridgehead atoms. The van der Waals surface area contributed by atoms with E-state index in [1.807, 2.05) is 6.07 Å². The molecule has 20 radical (unpaired) electrons. The molecule has 10 rings (SSSR count). The number of benzene rings is 7. The van der Waals surface area contributed by atoms with Crippen LogP contribution in [0.4, 0.5) is 0 Å². The number of hydrogen-bond acceptors (Lipinski definition) is 3. The molecule has 1 aromatic heterocycles. The van der Waals surface area contributed by atoms with Crippen molar-refractivity contribution in [1.29, 1.82) is 0 Å². The molecule has 0 amide bonds. The molecular formula is C46H19B10N3. The molecule has 2 aliphatic carbocycles. The number of hydrogen-bond donors (Lipinski definition) is 0. The molecule has 248 valence electrons. The number of nitrogens with zero attached hydrogens (tertiary/aromatic N) is 3. The largest absolute Gasteiger partial charge is 0.208 e. The molecule has 3 nitrogen and oxygen atoms in total. The Kier molecular flexibility index (Phi) is 8.66. The average Bonchev–Trinajstić information content (AvgIpc) is 3.48. The van der Waals surface area contributed by atoms with Gasteiger partial charge >= 0.3 is 0 Å². The molecule has 8 aromatic rings. The SMILES string of the molecule is [B]c1c([B])c([B])c(-c2nc(-c3ccc4c(c3)C3(c5ccccc5C=C4)c4ccccc4-c4c3ccc3ccccc43)nc(-c3c([B])c([B])c([B])c([B])c3[B])n2)c([B])c1[B]. The first-order valence-electron chi connectivity index (χ1n) is 18.8. The molecule has 0 saturated heterocycles. The van der Waals surface area contributed by atoms with Crippen LogP contribution in [0.25, 0.3) is 68.2 Å². The van der Waals surface area contributed by atoms with Gasteiger partial charge in [-0.2, -0.15) is 0 Å². The van der Waals surface area contributed by atoms with Gasteiger partial charge in [-0.3, -0.25) is 0 Å². The molecule has 1 unspecified atom stereocenters. The number of aromatic nitrogens is 3. The minimum atomic E-state index is -0.760. The normalized spacial score (nSPS) is 14.8. The molecule has 0 fully saturated rings. The summed E-state index contributed by atoms with van der Waals surface area (Å²) in [6, 6.07) is 36.3. The first-order valence-corrected chi connectivity index (χ1v) is 18.8. The molecule has 2 aliphatic rings. The van der Waals surface area contributed by atoms with Gasteiger partial charge in [-0.25, -0.2) is 15.0 Å². The highest BCUT2D eigenvalue weighted by Gasteiger charge is 2.49. The van der Waals surface area contributed by atoms with E-state index in [2.05, 4.69) is 109 Å². The van der Waals surface area contributed by atoms with Crippen LogP contribution >= 0.6 is 0 Å². The van der Waals surface area contributed by atoms with Crippen LogP contribution in [0.15, 0.2) is 103 Å². The predicted octanol–water partition coefficient (Wildman–Crippen LogP) is -1.19. The Morgan fingerprint density at radius 2 is 0.847 bits per heavy atom. The van der Waals surface area contributed by atoms with Gasteiger partial charge in [0.1, 0.15) is 78.5 Å². The zero-order valence-electron chi connectivity index (χ0n) is 31.6. The zero-order chi connectivity index (χ0) is 41.1. The van der Waals surface area contributed by atoms with Gasteiger partial charge in [0.2, 0.25) is 0 Å². The summed E-state index contributed by atoms with van der Waals surface area (Å²) in [4.78, 5) is 14.8. The summed E-state index contributed by atoms with van der Waals surface area (Å²) in [6.45, 7) is 0. The summed E-state index contributed by atoms with van der Waals surface area (Å²) in [5.41, 5.74) is 9.40. The topological polar surface area (TPSA) is 38.7 Å². The second kappa shape index (κ2) is 13.6. The Morgan fingerprint density at radius 1 is 0.356 bits per heavy atom. The zero-order valence-corrected chi connectivity index (χ0v) is 31.6. The van der Waals surface area contributed by atoms with Gasteiger partial charge in [0.05, 0.1) is 5.41 Å². The van der Waals surface area contributed by atoms with Gasteiger partial charge in [0, 0.05) is 16.7 Å². The van der Waals surface area contributed by atoms with Gasteiger partial charge in [-0.15, -0.1) is 32.8 Å². The summed E-state index contributed by atoms with van der Waals surface area (Å²) >= 11 is 0. The summed E-state index contributed by atoms with van der Waals surface area (Å²) in [7, 11) is 64.2. The molecule has 0 N–H and O–H groups in total. The second-order valence-corrected chi connectivity index (χ2v) is 14.9. The summed E-state index contributed by atoms with van der Waals surface area (Å²) in [5, 5.41) is 2.32. The monoisotopic (exact) mass is 723 g/mol. The van der Waals surface area contributed by atoms with Crippen molar-refractivity contribution in [2.75, 3.05) is 0 Å². The quantitative estimate of drug-likeness (QED) is 0.216. The fourth-order valence-corrected chi connectivity index (χ4v) is 9.01. The first kappa shape index (κ1) is 37.5. The van der Waals surface area contributed by atoms with Gasteiger partial charge in [0.25, 0.3) is 0 Å². The molecule has 1 atom stereocenters. The van der Waals surface area contributed by atoms with Crippen LogP contribution in [0.1, 0.15) is 33.4 Å². The van der Waals surface area contributed by atoms with Gasteiger partial charge in [-0.05, 0) is 61.3 Å². The van der Waals surface area contributed by atoms with Crippen LogP contribution in [0.5, 0.6) is 0 Å². The van der Waals surface area contributed by atoms with Crippen LogP contribution in [-0.4, -0.2) is 93.4 Å². The Hall–Kier alpha value is -5.80. The third kappa shape index (κ3) is 5.26. The van der Waals surface area contributed by atoms with Crippen molar-refractivity contribution in [3.05, 3.63) is 137 Å². The maximum absolute atomic E-state index is 6.60. The Balaban J connectivity index is 1.31. The van der Waals surface area contributed by atoms with Crippen molar-refractivity contribution < 1.29 is 0 Å². The van der Waals surface area contributed by atoms with Crippen LogP contribution in [0.2, 0.25) is 0 Å². The summed E-state index contributed by atoms with van der Waals surface area (Å²) < 4.78 is 0. The van der Waals surface area contributed by atoms with Crippen LogP contribution in [0, 0.1) is 0 Å². The lowest BCUT2D eigenvalue weighted by Gasteiger charge is -2.35. The fourth-order valence-electron chi connectivity index (χ4n) is 9.01. The van der Waals surface area contributed by atoms with Crippen molar-refractivity contribution >= 4 is 156 Å². The minimum Gasteiger partial charge on any atom is -0.208 e. The maximum atomic E-state index is 6.60. The van der Waals surface area contributed by atoms with Crippen molar-refractivity contribution in [1.82, 2.24) is 15.0 Å². The lowest BCUT2D eigenvalue weighted by Crippen LogP contribution is -2.55. The highest BCUT2D eigenvalue weighted by molar-refractivity contribution is 6.69. The van der Waals surface area contributed by atoms with E-state index in [4.69, 9.17) is 93.4 Å². The first-order chi connectivity index (χ1) is 28.4. The molecule has 59 heavy (non-hydrogen) atoms. The van der Waals surface area contributed by atoms with Gasteiger partial charge in [0.15, 0.2) is 17.5 Å². The Labute approximate surface area is 356 Å². The Bertz CT molecular complexity index is 3050. The average molecular weight is 722 g/mol. The molecule has 1 heterocycles. The molecular weight excluding hydrogens is 703 g/mol. The van der Waals surface area contributed by atoms with E-state index in [-0.39, 0.29) is 83.2 Å². The van der Waals surface area contributed by atoms with Crippen molar-refractivity contribution in [2.45, 2.75) is 5.41 Å². The van der Waals surface area contributed by atoms with Crippen LogP contribution < -0.4 is 54.6 Å². The standard InChI is InChI=1S/C46H19B10N3/c47-33-31(34(48)38(52)41(55)37(33)51)44-57-43(58-45(59-44)32-35(49)39(53)42(56)40(54)36(32)50)23-16-15-22-14-13-21-8-2-5-11-26(21)46(29(22)19-23)27-12-6-4-10-25(27)30-24-9-3-1-7-20(24)17-18-28(30)46/h1-19H. The van der Waals surface area contributed by atoms with Crippen molar-refractivity contribution in [3.63, 3.8) is 0 Å². The van der Waals surface area contributed by atoms with E-state index in [9.17, 15) is 0 Å². The number of rotatable bonds is 3.